The van der Waals surface area contributed by atoms with Gasteiger partial charge in [-0.3, -0.25) is 0 Å². The van der Waals surface area contributed by atoms with Crippen LogP contribution in [0.15, 0.2) is 35.5 Å². The molecule has 3 rings (SSSR count). The lowest BCUT2D eigenvalue weighted by Gasteiger charge is -2.46. The van der Waals surface area contributed by atoms with E-state index in [1.165, 1.54) is 62.5 Å². The fourth-order valence-corrected chi connectivity index (χ4v) is 12.6. The maximum Gasteiger partial charge on any atom is 0.192 e. The van der Waals surface area contributed by atoms with E-state index in [0.717, 1.165) is 30.6 Å². The van der Waals surface area contributed by atoms with Crippen LogP contribution in [-0.2, 0) is 13.3 Å². The van der Waals surface area contributed by atoms with Crippen LogP contribution in [0.5, 0.6) is 0 Å². The molecule has 290 valence electrons. The van der Waals surface area contributed by atoms with Gasteiger partial charge in [0.05, 0.1) is 12.2 Å². The van der Waals surface area contributed by atoms with Gasteiger partial charge in [-0.1, -0.05) is 119 Å². The summed E-state index contributed by atoms with van der Waals surface area (Å²) in [4.78, 5) is 0. The highest BCUT2D eigenvalue weighted by atomic mass is 28.4. The molecule has 0 N–H and O–H groups in total. The Bertz CT molecular complexity index is 1180. The number of hydrogen-bond acceptors (Lipinski definition) is 3. The van der Waals surface area contributed by atoms with Crippen molar-refractivity contribution in [2.45, 2.75) is 220 Å². The minimum atomic E-state index is -1.98. The Labute approximate surface area is 315 Å². The van der Waals surface area contributed by atoms with E-state index in [-0.39, 0.29) is 27.3 Å². The second-order valence-corrected chi connectivity index (χ2v) is 36.2. The van der Waals surface area contributed by atoms with Crippen LogP contribution < -0.4 is 0 Å². The Kier molecular flexibility index (Phi) is 14.0. The number of hydrogen-bond donors (Lipinski definition) is 0. The molecular formula is C44H84O3Si3. The first-order valence-electron chi connectivity index (χ1n) is 20.6. The SMILES string of the molecule is C=C1[C@H](O[Si](C)(C)C(C)(C)C)CC(=CC=C2CCC[C@]3(C)[C@@H]([C@H](C)CCC[C@@H](C)O[Si](C)(C)C(C)(C)C)CC[C@@H]23)C[C@H]1O[Si](C)(C)C(C)(C)C. The molecule has 0 spiro atoms. The quantitative estimate of drug-likeness (QED) is 0.147. The van der Waals surface area contributed by atoms with E-state index in [1.54, 1.807) is 5.57 Å². The van der Waals surface area contributed by atoms with Gasteiger partial charge >= 0.3 is 0 Å². The minimum absolute atomic E-state index is 0.0346. The van der Waals surface area contributed by atoms with Crippen molar-refractivity contribution < 1.29 is 13.3 Å². The summed E-state index contributed by atoms with van der Waals surface area (Å²) in [5, 5.41) is 0.591. The number of allylic oxidation sites excluding steroid dienone is 3. The van der Waals surface area contributed by atoms with Crippen molar-refractivity contribution in [2.75, 3.05) is 0 Å². The van der Waals surface area contributed by atoms with E-state index in [1.807, 2.05) is 0 Å². The van der Waals surface area contributed by atoms with Crippen LogP contribution >= 0.6 is 0 Å². The van der Waals surface area contributed by atoms with Gasteiger partial charge in [-0.15, -0.1) is 0 Å². The molecule has 6 heteroatoms. The molecule has 0 aromatic carbocycles. The van der Waals surface area contributed by atoms with Gasteiger partial charge in [-0.25, -0.2) is 0 Å². The summed E-state index contributed by atoms with van der Waals surface area (Å²) < 4.78 is 21.0. The summed E-state index contributed by atoms with van der Waals surface area (Å²) in [5.41, 5.74) is 4.80. The molecule has 3 aliphatic carbocycles. The Morgan fingerprint density at radius 1 is 0.760 bits per heavy atom. The molecule has 3 aliphatic rings. The van der Waals surface area contributed by atoms with Gasteiger partial charge in [0, 0.05) is 6.10 Å². The summed E-state index contributed by atoms with van der Waals surface area (Å²) >= 11 is 0. The Morgan fingerprint density at radius 3 is 1.74 bits per heavy atom. The molecule has 0 radical (unpaired) electrons. The fourth-order valence-electron chi connectivity index (χ4n) is 8.57. The first-order chi connectivity index (χ1) is 22.5. The van der Waals surface area contributed by atoms with Crippen molar-refractivity contribution in [1.29, 1.82) is 0 Å². The first kappa shape index (κ1) is 44.1. The maximum absolute atomic E-state index is 7.13. The second-order valence-electron chi connectivity index (χ2n) is 22.0. The molecule has 7 atom stereocenters. The second kappa shape index (κ2) is 15.8. The first-order valence-corrected chi connectivity index (χ1v) is 29.4. The predicted octanol–water partition coefficient (Wildman–Crippen LogP) is 14.4. The molecule has 0 aromatic rings. The normalized spacial score (nSPS) is 29.7. The average molecular weight is 745 g/mol. The summed E-state index contributed by atoms with van der Waals surface area (Å²) in [5.74, 6) is 2.32. The van der Waals surface area contributed by atoms with Crippen LogP contribution in [0.25, 0.3) is 0 Å². The summed E-state index contributed by atoms with van der Waals surface area (Å²) in [7, 11) is -5.66. The average Bonchev–Trinajstić information content (AvgIpc) is 3.29. The van der Waals surface area contributed by atoms with Gasteiger partial charge in [0.15, 0.2) is 25.0 Å². The van der Waals surface area contributed by atoms with Crippen molar-refractivity contribution in [2.24, 2.45) is 23.2 Å². The molecule has 50 heavy (non-hydrogen) atoms. The predicted molar refractivity (Wildman–Crippen MR) is 228 cm³/mol. The van der Waals surface area contributed by atoms with Crippen molar-refractivity contribution >= 4 is 25.0 Å². The van der Waals surface area contributed by atoms with E-state index < -0.39 is 25.0 Å². The van der Waals surface area contributed by atoms with Crippen molar-refractivity contribution in [3.05, 3.63) is 35.5 Å². The highest BCUT2D eigenvalue weighted by Gasteiger charge is 2.51. The lowest BCUT2D eigenvalue weighted by Crippen LogP contribution is -2.49. The zero-order valence-electron chi connectivity index (χ0n) is 36.6. The molecule has 0 amide bonds. The number of rotatable bonds is 12. The van der Waals surface area contributed by atoms with Crippen molar-refractivity contribution in [1.82, 2.24) is 0 Å². The molecule has 0 bridgehead atoms. The summed E-state index contributed by atoms with van der Waals surface area (Å²) in [6.07, 6.45) is 17.9. The van der Waals surface area contributed by atoms with Crippen molar-refractivity contribution in [3.63, 3.8) is 0 Å². The van der Waals surface area contributed by atoms with E-state index >= 15 is 0 Å². The zero-order chi connectivity index (χ0) is 38.3. The summed E-state index contributed by atoms with van der Waals surface area (Å²) in [6, 6.07) is 0. The van der Waals surface area contributed by atoms with Gasteiger partial charge < -0.3 is 13.3 Å². The number of fused-ring (bicyclic) bond motifs is 1. The van der Waals surface area contributed by atoms with E-state index in [2.05, 4.69) is 141 Å². The summed E-state index contributed by atoms with van der Waals surface area (Å²) in [6.45, 7) is 47.6. The van der Waals surface area contributed by atoms with Gasteiger partial charge in [0.2, 0.25) is 0 Å². The smallest absolute Gasteiger partial charge is 0.192 e. The lowest BCUT2D eigenvalue weighted by molar-refractivity contribution is 0.0910. The molecule has 3 saturated carbocycles. The third kappa shape index (κ3) is 10.3. The van der Waals surface area contributed by atoms with Gasteiger partial charge in [-0.05, 0) is 141 Å². The molecule has 3 fully saturated rings. The van der Waals surface area contributed by atoms with Crippen molar-refractivity contribution in [3.8, 4) is 0 Å². The van der Waals surface area contributed by atoms with Crippen LogP contribution in [0.2, 0.25) is 54.4 Å². The highest BCUT2D eigenvalue weighted by Crippen LogP contribution is 2.60. The molecule has 0 saturated heterocycles. The van der Waals surface area contributed by atoms with Crippen LogP contribution in [0.1, 0.15) is 147 Å². The van der Waals surface area contributed by atoms with E-state index in [4.69, 9.17) is 13.3 Å². The van der Waals surface area contributed by atoms with Crippen LogP contribution in [-0.4, -0.2) is 43.3 Å². The molecule has 0 unspecified atom stereocenters. The molecular weight excluding hydrogens is 661 g/mol. The molecule has 0 aromatic heterocycles. The van der Waals surface area contributed by atoms with Crippen LogP contribution in [0, 0.1) is 23.2 Å². The third-order valence-electron chi connectivity index (χ3n) is 15.0. The topological polar surface area (TPSA) is 27.7 Å². The minimum Gasteiger partial charge on any atom is -0.414 e. The molecule has 0 aliphatic heterocycles. The largest absolute Gasteiger partial charge is 0.414 e. The maximum atomic E-state index is 7.13. The van der Waals surface area contributed by atoms with Crippen LogP contribution in [0.3, 0.4) is 0 Å². The Morgan fingerprint density at radius 2 is 1.26 bits per heavy atom. The fraction of sp³-hybridized carbons (Fsp3) is 0.864. The monoisotopic (exact) mass is 745 g/mol. The third-order valence-corrected chi connectivity index (χ3v) is 28.6. The Hall–Kier alpha value is -0.249. The van der Waals surface area contributed by atoms with Gasteiger partial charge in [-0.2, -0.15) is 0 Å². The highest BCUT2D eigenvalue weighted by molar-refractivity contribution is 6.75. The zero-order valence-corrected chi connectivity index (χ0v) is 39.6. The van der Waals surface area contributed by atoms with Gasteiger partial charge in [0.1, 0.15) is 0 Å². The Balaban J connectivity index is 1.77. The van der Waals surface area contributed by atoms with E-state index in [9.17, 15) is 0 Å². The lowest BCUT2D eigenvalue weighted by atomic mass is 9.60. The molecule has 0 heterocycles. The molecule has 3 nitrogen and oxygen atoms in total. The standard InChI is InChI=1S/C44H84O3Si3/c1-32(22-20-23-33(2)45-48(14,15)41(4,5)6)37-27-28-38-36(24-21-29-44(37,38)13)26-25-35-30-39(46-49(16,17)42(7,8)9)34(3)40(31-35)47-50(18,19)43(10,11)12/h25-26,32-33,37-40H,3,20-24,27-31H2,1-2,4-19H3/t32-,33-,37-,38+,39-,40-,44-/m1/s1. The van der Waals surface area contributed by atoms with Crippen LogP contribution in [0.4, 0.5) is 0 Å². The van der Waals surface area contributed by atoms with E-state index in [0.29, 0.717) is 11.5 Å². The van der Waals surface area contributed by atoms with Gasteiger partial charge in [0.25, 0.3) is 0 Å².